The predicted molar refractivity (Wildman–Crippen MR) is 103 cm³/mol. The number of rotatable bonds is 5. The average molecular weight is 397 g/mol. The second kappa shape index (κ2) is 8.60. The van der Waals surface area contributed by atoms with Crippen LogP contribution in [-0.2, 0) is 19.6 Å². The number of piperazine rings is 1. The molecule has 1 saturated heterocycles. The maximum Gasteiger partial charge on any atom is 0.409 e. The average Bonchev–Trinajstić information content (AvgIpc) is 2.61. The van der Waals surface area contributed by atoms with Gasteiger partial charge in [0, 0.05) is 26.2 Å². The Balaban J connectivity index is 2.10. The lowest BCUT2D eigenvalue weighted by Gasteiger charge is -2.35. The predicted octanol–water partition coefficient (Wildman–Crippen LogP) is 1.37. The van der Waals surface area contributed by atoms with Crippen LogP contribution in [0.15, 0.2) is 18.2 Å². The van der Waals surface area contributed by atoms with Crippen LogP contribution in [0.1, 0.15) is 18.1 Å². The molecule has 2 amide bonds. The SMILES string of the molecule is CCOC(=O)N1CCN(C(=O)CN(c2cccc(C)c2C)S(C)(=O)=O)CC1. The number of carbonyl (C=O) groups excluding carboxylic acids is 2. The summed E-state index contributed by atoms with van der Waals surface area (Å²) in [6, 6.07) is 5.38. The van der Waals surface area contributed by atoms with Crippen molar-refractivity contribution in [3.05, 3.63) is 29.3 Å². The van der Waals surface area contributed by atoms with E-state index in [-0.39, 0.29) is 12.5 Å². The van der Waals surface area contributed by atoms with Gasteiger partial charge in [0.1, 0.15) is 6.54 Å². The van der Waals surface area contributed by atoms with E-state index in [2.05, 4.69) is 0 Å². The van der Waals surface area contributed by atoms with Crippen LogP contribution in [0.25, 0.3) is 0 Å². The molecule has 0 aliphatic carbocycles. The van der Waals surface area contributed by atoms with Gasteiger partial charge in [-0.15, -0.1) is 0 Å². The summed E-state index contributed by atoms with van der Waals surface area (Å²) in [5, 5.41) is 0. The summed E-state index contributed by atoms with van der Waals surface area (Å²) in [4.78, 5) is 27.6. The van der Waals surface area contributed by atoms with Crippen molar-refractivity contribution in [1.29, 1.82) is 0 Å². The largest absolute Gasteiger partial charge is 0.450 e. The fourth-order valence-corrected chi connectivity index (χ4v) is 3.86. The van der Waals surface area contributed by atoms with Crippen LogP contribution < -0.4 is 4.31 Å². The minimum absolute atomic E-state index is 0.261. The van der Waals surface area contributed by atoms with E-state index in [1.807, 2.05) is 19.9 Å². The number of hydrogen-bond acceptors (Lipinski definition) is 5. The molecule has 1 aromatic carbocycles. The van der Waals surface area contributed by atoms with E-state index >= 15 is 0 Å². The molecule has 1 fully saturated rings. The summed E-state index contributed by atoms with van der Waals surface area (Å²) in [7, 11) is -3.62. The summed E-state index contributed by atoms with van der Waals surface area (Å²) in [5.41, 5.74) is 2.29. The van der Waals surface area contributed by atoms with Crippen molar-refractivity contribution < 1.29 is 22.7 Å². The second-order valence-corrected chi connectivity index (χ2v) is 8.46. The van der Waals surface area contributed by atoms with Crippen LogP contribution in [0.5, 0.6) is 0 Å². The Morgan fingerprint density at radius 3 is 2.26 bits per heavy atom. The topological polar surface area (TPSA) is 87.2 Å². The molecule has 1 aromatic rings. The number of ether oxygens (including phenoxy) is 1. The van der Waals surface area contributed by atoms with Crippen LogP contribution in [0, 0.1) is 13.8 Å². The van der Waals surface area contributed by atoms with E-state index < -0.39 is 16.1 Å². The minimum Gasteiger partial charge on any atom is -0.450 e. The second-order valence-electron chi connectivity index (χ2n) is 6.56. The molecule has 27 heavy (non-hydrogen) atoms. The highest BCUT2D eigenvalue weighted by Gasteiger charge is 2.29. The molecule has 9 heteroatoms. The lowest BCUT2D eigenvalue weighted by molar-refractivity contribution is -0.131. The van der Waals surface area contributed by atoms with E-state index in [0.29, 0.717) is 38.5 Å². The van der Waals surface area contributed by atoms with Crippen molar-refractivity contribution >= 4 is 27.7 Å². The maximum atomic E-state index is 12.7. The molecule has 8 nitrogen and oxygen atoms in total. The molecule has 0 aromatic heterocycles. The quantitative estimate of drug-likeness (QED) is 0.749. The highest BCUT2D eigenvalue weighted by molar-refractivity contribution is 7.92. The highest BCUT2D eigenvalue weighted by Crippen LogP contribution is 2.25. The zero-order chi connectivity index (χ0) is 20.2. The fraction of sp³-hybridized carbons (Fsp3) is 0.556. The molecule has 150 valence electrons. The lowest BCUT2D eigenvalue weighted by Crippen LogP contribution is -2.53. The van der Waals surface area contributed by atoms with Crippen molar-refractivity contribution in [1.82, 2.24) is 9.80 Å². The van der Waals surface area contributed by atoms with E-state index in [1.54, 1.807) is 28.9 Å². The van der Waals surface area contributed by atoms with Gasteiger partial charge in [-0.25, -0.2) is 13.2 Å². The van der Waals surface area contributed by atoms with Gasteiger partial charge in [-0.1, -0.05) is 12.1 Å². The molecule has 1 aliphatic heterocycles. The van der Waals surface area contributed by atoms with Crippen molar-refractivity contribution in [2.24, 2.45) is 0 Å². The number of nitrogens with zero attached hydrogens (tertiary/aromatic N) is 3. The minimum atomic E-state index is -3.62. The summed E-state index contributed by atoms with van der Waals surface area (Å²) in [6.07, 6.45) is 0.707. The first-order valence-electron chi connectivity index (χ1n) is 8.88. The van der Waals surface area contributed by atoms with Crippen LogP contribution in [0.4, 0.5) is 10.5 Å². The third-order valence-electron chi connectivity index (χ3n) is 4.68. The Labute approximate surface area is 160 Å². The van der Waals surface area contributed by atoms with E-state index in [4.69, 9.17) is 4.74 Å². The standard InChI is InChI=1S/C18H27N3O5S/c1-5-26-18(23)20-11-9-19(10-12-20)17(22)13-21(27(4,24)25)16-8-6-7-14(2)15(16)3/h6-8H,5,9-13H2,1-4H3. The molecule has 0 bridgehead atoms. The molecule has 0 N–H and O–H groups in total. The third kappa shape index (κ3) is 5.12. The normalized spacial score (nSPS) is 14.8. The Hall–Kier alpha value is -2.29. The number of anilines is 1. The van der Waals surface area contributed by atoms with Gasteiger partial charge >= 0.3 is 6.09 Å². The molecular weight excluding hydrogens is 370 g/mol. The smallest absolute Gasteiger partial charge is 0.409 e. The first kappa shape index (κ1) is 21.0. The van der Waals surface area contributed by atoms with Gasteiger partial charge in [-0.3, -0.25) is 9.10 Å². The van der Waals surface area contributed by atoms with Crippen LogP contribution in [0.3, 0.4) is 0 Å². The molecule has 0 atom stereocenters. The van der Waals surface area contributed by atoms with Gasteiger partial charge in [0.05, 0.1) is 18.6 Å². The molecule has 0 spiro atoms. The number of benzene rings is 1. The van der Waals surface area contributed by atoms with Gasteiger partial charge in [0.15, 0.2) is 0 Å². The third-order valence-corrected chi connectivity index (χ3v) is 5.81. The highest BCUT2D eigenvalue weighted by atomic mass is 32.2. The Bertz CT molecular complexity index is 801. The van der Waals surface area contributed by atoms with Gasteiger partial charge in [0.2, 0.25) is 15.9 Å². The molecular formula is C18H27N3O5S. The summed E-state index contributed by atoms with van der Waals surface area (Å²) in [6.45, 7) is 6.95. The summed E-state index contributed by atoms with van der Waals surface area (Å²) >= 11 is 0. The fourth-order valence-electron chi connectivity index (χ4n) is 2.96. The number of carbonyl (C=O) groups is 2. The molecule has 1 heterocycles. The molecule has 2 rings (SSSR count). The van der Waals surface area contributed by atoms with Crippen molar-refractivity contribution in [3.63, 3.8) is 0 Å². The number of hydrogen-bond donors (Lipinski definition) is 0. The first-order chi connectivity index (χ1) is 12.6. The molecule has 0 saturated carbocycles. The van der Waals surface area contributed by atoms with Gasteiger partial charge in [-0.2, -0.15) is 0 Å². The van der Waals surface area contributed by atoms with Gasteiger partial charge < -0.3 is 14.5 Å². The lowest BCUT2D eigenvalue weighted by atomic mass is 10.1. The number of aryl methyl sites for hydroxylation is 1. The Morgan fingerprint density at radius 1 is 1.11 bits per heavy atom. The Kier molecular flexibility index (Phi) is 6.69. The van der Waals surface area contributed by atoms with Crippen LogP contribution in [-0.4, -0.2) is 75.8 Å². The summed E-state index contributed by atoms with van der Waals surface area (Å²) in [5.74, 6) is -0.287. The van der Waals surface area contributed by atoms with E-state index in [1.165, 1.54) is 0 Å². The van der Waals surface area contributed by atoms with Crippen molar-refractivity contribution in [3.8, 4) is 0 Å². The van der Waals surface area contributed by atoms with E-state index in [9.17, 15) is 18.0 Å². The molecule has 0 unspecified atom stereocenters. The number of amides is 2. The zero-order valence-electron chi connectivity index (χ0n) is 16.3. The van der Waals surface area contributed by atoms with E-state index in [0.717, 1.165) is 21.7 Å². The van der Waals surface area contributed by atoms with Gasteiger partial charge in [-0.05, 0) is 38.0 Å². The molecule has 0 radical (unpaired) electrons. The number of sulfonamides is 1. The zero-order valence-corrected chi connectivity index (χ0v) is 17.1. The maximum absolute atomic E-state index is 12.7. The van der Waals surface area contributed by atoms with Crippen molar-refractivity contribution in [2.75, 3.05) is 49.9 Å². The van der Waals surface area contributed by atoms with Crippen molar-refractivity contribution in [2.45, 2.75) is 20.8 Å². The molecule has 1 aliphatic rings. The first-order valence-corrected chi connectivity index (χ1v) is 10.7. The van der Waals surface area contributed by atoms with Crippen LogP contribution >= 0.6 is 0 Å². The van der Waals surface area contributed by atoms with Gasteiger partial charge in [0.25, 0.3) is 0 Å². The summed E-state index contributed by atoms with van der Waals surface area (Å²) < 4.78 is 30.7. The monoisotopic (exact) mass is 397 g/mol. The van der Waals surface area contributed by atoms with Crippen LogP contribution in [0.2, 0.25) is 0 Å². The Morgan fingerprint density at radius 2 is 1.70 bits per heavy atom.